The van der Waals surface area contributed by atoms with Crippen molar-refractivity contribution >= 4 is 35.6 Å². The van der Waals surface area contributed by atoms with E-state index in [1.807, 2.05) is 0 Å². The van der Waals surface area contributed by atoms with Crippen LogP contribution < -0.4 is 0 Å². The summed E-state index contributed by atoms with van der Waals surface area (Å²) in [5.41, 5.74) is 0.512. The Hall–Kier alpha value is -3.19. The van der Waals surface area contributed by atoms with Gasteiger partial charge in [-0.3, -0.25) is 9.59 Å². The van der Waals surface area contributed by atoms with Crippen molar-refractivity contribution in [3.05, 3.63) is 58.8 Å². The van der Waals surface area contributed by atoms with E-state index in [0.717, 1.165) is 17.9 Å². The van der Waals surface area contributed by atoms with Crippen LogP contribution in [0.2, 0.25) is 5.02 Å². The number of carbonyl (C=O) groups excluding carboxylic acids is 2. The van der Waals surface area contributed by atoms with E-state index in [2.05, 4.69) is 17.3 Å². The highest BCUT2D eigenvalue weighted by molar-refractivity contribution is 6.33. The molecule has 2 amide bonds. The number of halogens is 1. The molecule has 152 valence electrons. The molecule has 1 aromatic heterocycles. The molecule has 2 aromatic rings. The second-order valence-electron chi connectivity index (χ2n) is 7.78. The highest BCUT2D eigenvalue weighted by Crippen LogP contribution is 2.49. The number of amides is 2. The first-order chi connectivity index (χ1) is 14.4. The number of fused-ring (bicyclic) bond motifs is 1. The number of carboxylic acids is 1. The number of aromatic carboxylic acids is 1. The topological polar surface area (TPSA) is 100 Å². The minimum atomic E-state index is -1.13. The van der Waals surface area contributed by atoms with Gasteiger partial charge in [0.25, 0.3) is 11.8 Å². The van der Waals surface area contributed by atoms with E-state index in [4.69, 9.17) is 16.0 Å². The van der Waals surface area contributed by atoms with Gasteiger partial charge >= 0.3 is 5.97 Å². The fraction of sp³-hybridized carbons (Fsp3) is 0.273. The maximum atomic E-state index is 12.8. The number of carbonyl (C=O) groups is 3. The number of allylic oxidation sites excluding steroid dienone is 2. The average molecular weight is 425 g/mol. The molecule has 7 nitrogen and oxygen atoms in total. The quantitative estimate of drug-likeness (QED) is 0.456. The number of benzene rings is 1. The molecule has 1 saturated heterocycles. The number of imide groups is 1. The summed E-state index contributed by atoms with van der Waals surface area (Å²) in [6.07, 6.45) is 7.31. The lowest BCUT2D eigenvalue weighted by Crippen LogP contribution is -2.38. The third kappa shape index (κ3) is 2.89. The molecule has 1 aliphatic heterocycles. The zero-order valence-corrected chi connectivity index (χ0v) is 16.5. The summed E-state index contributed by atoms with van der Waals surface area (Å²) in [6, 6.07) is 7.86. The van der Waals surface area contributed by atoms with Crippen molar-refractivity contribution in [3.63, 3.8) is 0 Å². The van der Waals surface area contributed by atoms with Gasteiger partial charge in [0.05, 0.1) is 28.6 Å². The maximum Gasteiger partial charge on any atom is 0.337 e. The minimum absolute atomic E-state index is 0.0279. The van der Waals surface area contributed by atoms with Gasteiger partial charge in [0.2, 0.25) is 0 Å². The Morgan fingerprint density at radius 1 is 1.10 bits per heavy atom. The van der Waals surface area contributed by atoms with Crippen LogP contribution in [-0.4, -0.2) is 34.1 Å². The Kier molecular flexibility index (Phi) is 4.36. The van der Waals surface area contributed by atoms with Crippen LogP contribution in [-0.2, 0) is 9.59 Å². The van der Waals surface area contributed by atoms with Crippen LogP contribution in [0.15, 0.2) is 52.0 Å². The molecule has 30 heavy (non-hydrogen) atoms. The molecule has 2 heterocycles. The van der Waals surface area contributed by atoms with Gasteiger partial charge in [-0.2, -0.15) is 10.1 Å². The molecule has 0 radical (unpaired) electrons. The summed E-state index contributed by atoms with van der Waals surface area (Å²) in [5.74, 6) is -1.28. The minimum Gasteiger partial charge on any atom is -0.478 e. The van der Waals surface area contributed by atoms with Crippen LogP contribution in [0.4, 0.5) is 0 Å². The highest BCUT2D eigenvalue weighted by atomic mass is 35.5. The number of rotatable bonds is 4. The molecular formula is C22H17ClN2O5. The lowest BCUT2D eigenvalue weighted by atomic mass is 9.63. The molecule has 2 fully saturated rings. The Labute approximate surface area is 176 Å². The Bertz CT molecular complexity index is 1100. The standard InChI is InChI=1S/C22H17ClN2O5/c23-16-7-5-13(9-15(16)22(28)29)17-8-6-14(30-17)10-24-25-20(26)18-11-1-2-12(4-3-11)19(18)21(25)27/h1-2,5-12,18-19H,3-4H2,(H,28,29)/b24-10+. The van der Waals surface area contributed by atoms with Gasteiger partial charge < -0.3 is 9.52 Å². The second kappa shape index (κ2) is 6.95. The number of furan rings is 1. The van der Waals surface area contributed by atoms with E-state index in [9.17, 15) is 19.5 Å². The summed E-state index contributed by atoms with van der Waals surface area (Å²) >= 11 is 5.90. The number of hydrazone groups is 1. The number of hydrogen-bond acceptors (Lipinski definition) is 5. The summed E-state index contributed by atoms with van der Waals surface area (Å²) < 4.78 is 5.70. The Morgan fingerprint density at radius 2 is 1.77 bits per heavy atom. The van der Waals surface area contributed by atoms with Gasteiger partial charge in [-0.25, -0.2) is 4.79 Å². The van der Waals surface area contributed by atoms with Gasteiger partial charge in [0.1, 0.15) is 11.5 Å². The van der Waals surface area contributed by atoms with Gasteiger partial charge in [0.15, 0.2) is 0 Å². The fourth-order valence-corrected chi connectivity index (χ4v) is 4.91. The zero-order chi connectivity index (χ0) is 21.0. The smallest absolute Gasteiger partial charge is 0.337 e. The van der Waals surface area contributed by atoms with E-state index in [1.165, 1.54) is 18.3 Å². The number of nitrogens with zero attached hydrogens (tertiary/aromatic N) is 2. The Balaban J connectivity index is 1.37. The van der Waals surface area contributed by atoms with Crippen molar-refractivity contribution in [2.24, 2.45) is 28.8 Å². The third-order valence-electron chi connectivity index (χ3n) is 6.14. The van der Waals surface area contributed by atoms with Crippen molar-refractivity contribution < 1.29 is 23.9 Å². The predicted molar refractivity (Wildman–Crippen MR) is 108 cm³/mol. The van der Waals surface area contributed by atoms with E-state index in [1.54, 1.807) is 18.2 Å². The third-order valence-corrected chi connectivity index (χ3v) is 6.47. The molecule has 0 spiro atoms. The molecule has 4 unspecified atom stereocenters. The van der Waals surface area contributed by atoms with Crippen molar-refractivity contribution in [1.82, 2.24) is 5.01 Å². The molecule has 2 bridgehead atoms. The van der Waals surface area contributed by atoms with Crippen LogP contribution in [0.3, 0.4) is 0 Å². The molecule has 3 aliphatic carbocycles. The van der Waals surface area contributed by atoms with E-state index < -0.39 is 5.97 Å². The summed E-state index contributed by atoms with van der Waals surface area (Å²) in [6.45, 7) is 0. The number of carboxylic acid groups (broad SMARTS) is 1. The Morgan fingerprint density at radius 3 is 2.37 bits per heavy atom. The first-order valence-corrected chi connectivity index (χ1v) is 10.0. The van der Waals surface area contributed by atoms with Gasteiger partial charge in [-0.05, 0) is 55.0 Å². The molecule has 1 aromatic carbocycles. The van der Waals surface area contributed by atoms with Crippen LogP contribution >= 0.6 is 11.6 Å². The zero-order valence-electron chi connectivity index (χ0n) is 15.7. The van der Waals surface area contributed by atoms with E-state index in [-0.39, 0.29) is 46.1 Å². The molecule has 1 N–H and O–H groups in total. The van der Waals surface area contributed by atoms with Crippen LogP contribution in [0.1, 0.15) is 29.0 Å². The lowest BCUT2D eigenvalue weighted by molar-refractivity contribution is -0.140. The second-order valence-corrected chi connectivity index (χ2v) is 8.18. The molecular weight excluding hydrogens is 408 g/mol. The van der Waals surface area contributed by atoms with E-state index in [0.29, 0.717) is 17.1 Å². The van der Waals surface area contributed by atoms with Gasteiger partial charge in [0, 0.05) is 5.56 Å². The summed E-state index contributed by atoms with van der Waals surface area (Å²) in [7, 11) is 0. The molecule has 4 aliphatic rings. The molecule has 6 rings (SSSR count). The molecule has 8 heteroatoms. The van der Waals surface area contributed by atoms with Crippen molar-refractivity contribution in [1.29, 1.82) is 0 Å². The van der Waals surface area contributed by atoms with Gasteiger partial charge in [-0.1, -0.05) is 23.8 Å². The van der Waals surface area contributed by atoms with Gasteiger partial charge in [-0.15, -0.1) is 0 Å². The largest absolute Gasteiger partial charge is 0.478 e. The monoisotopic (exact) mass is 424 g/mol. The van der Waals surface area contributed by atoms with Crippen LogP contribution in [0.5, 0.6) is 0 Å². The lowest BCUT2D eigenvalue weighted by Gasteiger charge is -2.37. The van der Waals surface area contributed by atoms with Crippen molar-refractivity contribution in [2.45, 2.75) is 12.8 Å². The summed E-state index contributed by atoms with van der Waals surface area (Å²) in [5, 5.41) is 14.4. The first-order valence-electron chi connectivity index (χ1n) is 9.67. The predicted octanol–water partition coefficient (Wildman–Crippen LogP) is 3.83. The number of hydrogen-bond donors (Lipinski definition) is 1. The van der Waals surface area contributed by atoms with Crippen molar-refractivity contribution in [2.75, 3.05) is 0 Å². The highest BCUT2D eigenvalue weighted by Gasteiger charge is 2.56. The molecule has 1 saturated carbocycles. The molecule has 4 atom stereocenters. The van der Waals surface area contributed by atoms with E-state index >= 15 is 0 Å². The fourth-order valence-electron chi connectivity index (χ4n) is 4.71. The maximum absolute atomic E-state index is 12.8. The average Bonchev–Trinajstić information content (AvgIpc) is 3.32. The van der Waals surface area contributed by atoms with Crippen LogP contribution in [0, 0.1) is 23.7 Å². The first kappa shape index (κ1) is 18.8. The van der Waals surface area contributed by atoms with Crippen LogP contribution in [0.25, 0.3) is 11.3 Å². The van der Waals surface area contributed by atoms with Crippen molar-refractivity contribution in [3.8, 4) is 11.3 Å². The normalized spacial score (nSPS) is 27.3. The SMILES string of the molecule is O=C(O)c1cc(-c2ccc(/C=N/N3C(=O)C4C5C=CC(CC5)C4C3=O)o2)ccc1Cl. The summed E-state index contributed by atoms with van der Waals surface area (Å²) in [4.78, 5) is 36.8.